The lowest BCUT2D eigenvalue weighted by atomic mass is 10.0. The van der Waals surface area contributed by atoms with Gasteiger partial charge < -0.3 is 11.1 Å². The number of hydrogen-bond acceptors (Lipinski definition) is 5. The third-order valence-electron chi connectivity index (χ3n) is 5.65. The van der Waals surface area contributed by atoms with Gasteiger partial charge in [0.1, 0.15) is 5.69 Å². The number of Topliss-reactive ketones (excluding diaryl/α,β-unsaturated/α-hetero) is 1. The van der Waals surface area contributed by atoms with Gasteiger partial charge in [0.25, 0.3) is 0 Å². The number of nitrogens with zero attached hydrogens (tertiary/aromatic N) is 2. The summed E-state index contributed by atoms with van der Waals surface area (Å²) in [7, 11) is 0. The maximum Gasteiger partial charge on any atom is 0.246 e. The van der Waals surface area contributed by atoms with Gasteiger partial charge >= 0.3 is 0 Å². The number of rotatable bonds is 16. The van der Waals surface area contributed by atoms with Crippen LogP contribution in [0.25, 0.3) is 0 Å². The molecule has 3 N–H and O–H groups in total. The van der Waals surface area contributed by atoms with Crippen molar-refractivity contribution in [1.29, 1.82) is 0 Å². The first-order valence-electron chi connectivity index (χ1n) is 12.3. The lowest BCUT2D eigenvalue weighted by Gasteiger charge is -2.05. The van der Waals surface area contributed by atoms with Crippen molar-refractivity contribution in [3.05, 3.63) is 66.2 Å². The predicted octanol–water partition coefficient (Wildman–Crippen LogP) is 7.46. The van der Waals surface area contributed by atoms with E-state index in [1.807, 2.05) is 42.5 Å². The van der Waals surface area contributed by atoms with Gasteiger partial charge in [0.15, 0.2) is 5.78 Å². The van der Waals surface area contributed by atoms with Gasteiger partial charge in [-0.25, -0.2) is 0 Å². The molecule has 6 nitrogen and oxygen atoms in total. The van der Waals surface area contributed by atoms with Crippen molar-refractivity contribution in [1.82, 2.24) is 5.32 Å². The van der Waals surface area contributed by atoms with Crippen LogP contribution < -0.4 is 11.1 Å². The number of unbranched alkanes of at least 4 members (excludes halogenated alkanes) is 8. The van der Waals surface area contributed by atoms with Crippen LogP contribution in [0.1, 0.15) is 81.5 Å². The molecule has 0 aromatic heterocycles. The monoisotopic (exact) mass is 462 g/mol. The van der Waals surface area contributed by atoms with E-state index < -0.39 is 0 Å². The molecule has 0 aliphatic carbocycles. The molecule has 6 heteroatoms. The Labute approximate surface area is 203 Å². The Morgan fingerprint density at radius 2 is 1.41 bits per heavy atom. The van der Waals surface area contributed by atoms with Crippen LogP contribution in [0.3, 0.4) is 0 Å². The third-order valence-corrected chi connectivity index (χ3v) is 5.65. The van der Waals surface area contributed by atoms with Crippen molar-refractivity contribution in [3.63, 3.8) is 0 Å². The number of carbonyl (C=O) groups is 2. The molecule has 2 rings (SSSR count). The second kappa shape index (κ2) is 15.5. The number of carbonyl (C=O) groups excluding carboxylic acids is 2. The molecule has 0 fully saturated rings. The number of ketones is 1. The van der Waals surface area contributed by atoms with Crippen LogP contribution in [0, 0.1) is 0 Å². The minimum Gasteiger partial charge on any atom is -0.397 e. The second-order valence-corrected chi connectivity index (χ2v) is 8.70. The molecule has 34 heavy (non-hydrogen) atoms. The first-order valence-corrected chi connectivity index (χ1v) is 12.3. The molecule has 0 saturated heterocycles. The van der Waals surface area contributed by atoms with Gasteiger partial charge in [0.2, 0.25) is 5.91 Å². The number of azo groups is 1. The zero-order valence-electron chi connectivity index (χ0n) is 20.4. The Kier molecular flexibility index (Phi) is 12.3. The average Bonchev–Trinajstić information content (AvgIpc) is 2.84. The van der Waals surface area contributed by atoms with Gasteiger partial charge in [0.05, 0.1) is 11.4 Å². The summed E-state index contributed by atoms with van der Waals surface area (Å²) in [4.78, 5) is 23.8. The van der Waals surface area contributed by atoms with Gasteiger partial charge in [0, 0.05) is 24.1 Å². The molecule has 0 radical (unpaired) electrons. The quantitative estimate of drug-likeness (QED) is 0.0890. The van der Waals surface area contributed by atoms with Crippen LogP contribution in [0.2, 0.25) is 0 Å². The molecular formula is C28H38N4O2. The predicted molar refractivity (Wildman–Crippen MR) is 140 cm³/mol. The highest BCUT2D eigenvalue weighted by molar-refractivity contribution is 5.96. The molecule has 0 unspecified atom stereocenters. The van der Waals surface area contributed by atoms with E-state index in [1.165, 1.54) is 32.1 Å². The molecule has 2 aromatic carbocycles. The van der Waals surface area contributed by atoms with Crippen LogP contribution in [-0.2, 0) is 4.79 Å². The van der Waals surface area contributed by atoms with Gasteiger partial charge in [-0.15, -0.1) is 5.11 Å². The van der Waals surface area contributed by atoms with Gasteiger partial charge in [-0.2, -0.15) is 5.11 Å². The van der Waals surface area contributed by atoms with Crippen molar-refractivity contribution in [3.8, 4) is 0 Å². The van der Waals surface area contributed by atoms with Crippen molar-refractivity contribution in [2.75, 3.05) is 12.3 Å². The van der Waals surface area contributed by atoms with E-state index in [4.69, 9.17) is 5.73 Å². The minimum absolute atomic E-state index is 0.0493. The van der Waals surface area contributed by atoms with E-state index in [-0.39, 0.29) is 11.7 Å². The molecule has 182 valence electrons. The molecule has 0 aliphatic heterocycles. The first-order chi connectivity index (χ1) is 16.5. The first kappa shape index (κ1) is 27.0. The number of nitrogen functional groups attached to an aromatic ring is 1. The van der Waals surface area contributed by atoms with Crippen LogP contribution in [0.4, 0.5) is 17.1 Å². The Morgan fingerprint density at radius 3 is 2.03 bits per heavy atom. The molecule has 2 aromatic rings. The highest BCUT2D eigenvalue weighted by Crippen LogP contribution is 2.24. The molecule has 0 atom stereocenters. The van der Waals surface area contributed by atoms with E-state index in [0.717, 1.165) is 37.8 Å². The topological polar surface area (TPSA) is 96.9 Å². The molecule has 0 spiro atoms. The third kappa shape index (κ3) is 10.6. The summed E-state index contributed by atoms with van der Waals surface area (Å²) in [5.41, 5.74) is 9.05. The second-order valence-electron chi connectivity index (χ2n) is 8.70. The highest BCUT2D eigenvalue weighted by Gasteiger charge is 2.06. The maximum absolute atomic E-state index is 12.4. The van der Waals surface area contributed by atoms with Crippen LogP contribution in [0.15, 0.2) is 70.9 Å². The largest absolute Gasteiger partial charge is 0.397 e. The summed E-state index contributed by atoms with van der Waals surface area (Å²) < 4.78 is 0. The zero-order chi connectivity index (χ0) is 24.6. The molecule has 0 bridgehead atoms. The lowest BCUT2D eigenvalue weighted by Crippen LogP contribution is -2.24. The summed E-state index contributed by atoms with van der Waals surface area (Å²) in [6.07, 6.45) is 10.8. The fourth-order valence-corrected chi connectivity index (χ4v) is 3.55. The van der Waals surface area contributed by atoms with Gasteiger partial charge in [-0.1, -0.05) is 63.7 Å². The smallest absolute Gasteiger partial charge is 0.246 e. The number of hydrogen-bond donors (Lipinski definition) is 2. The fourth-order valence-electron chi connectivity index (χ4n) is 3.55. The molecule has 0 aliphatic rings. The molecule has 0 saturated carbocycles. The fraction of sp³-hybridized carbons (Fsp3) is 0.429. The number of amides is 1. The summed E-state index contributed by atoms with van der Waals surface area (Å²) in [6.45, 7) is 6.08. The number of anilines is 1. The highest BCUT2D eigenvalue weighted by atomic mass is 16.1. The SMILES string of the molecule is C=C(C)C(=O)NCCCCCCCCCCCC(=O)c1ccc(N=Nc2ccccc2N)cc1. The van der Waals surface area contributed by atoms with E-state index in [1.54, 1.807) is 13.0 Å². The van der Waals surface area contributed by atoms with Gasteiger partial charge in [-0.05, 0) is 56.2 Å². The molecular weight excluding hydrogens is 424 g/mol. The summed E-state index contributed by atoms with van der Waals surface area (Å²) in [6, 6.07) is 14.6. The lowest BCUT2D eigenvalue weighted by molar-refractivity contribution is -0.117. The minimum atomic E-state index is -0.0493. The van der Waals surface area contributed by atoms with Crippen molar-refractivity contribution in [2.24, 2.45) is 10.2 Å². The van der Waals surface area contributed by atoms with E-state index in [2.05, 4.69) is 22.1 Å². The van der Waals surface area contributed by atoms with E-state index in [0.29, 0.717) is 29.1 Å². The number of nitrogens with two attached hydrogens (primary N) is 1. The van der Waals surface area contributed by atoms with Gasteiger partial charge in [-0.3, -0.25) is 9.59 Å². The van der Waals surface area contributed by atoms with Crippen molar-refractivity contribution >= 4 is 28.8 Å². The number of para-hydroxylation sites is 1. The number of benzene rings is 2. The Balaban J connectivity index is 1.52. The number of nitrogens with one attached hydrogen (secondary N) is 1. The Hall–Kier alpha value is -3.28. The summed E-state index contributed by atoms with van der Waals surface area (Å²) in [5.74, 6) is 0.126. The van der Waals surface area contributed by atoms with E-state index >= 15 is 0 Å². The molecule has 0 heterocycles. The Bertz CT molecular complexity index is 951. The standard InChI is InChI=1S/C28H38N4O2/c1-22(2)28(34)30-21-13-9-7-5-3-4-6-8-10-16-27(33)23-17-19-24(20-18-23)31-32-26-15-12-11-14-25(26)29/h11-12,14-15,17-20H,1,3-10,13,16,21,29H2,2H3,(H,30,34). The van der Waals surface area contributed by atoms with E-state index in [9.17, 15) is 9.59 Å². The summed E-state index contributed by atoms with van der Waals surface area (Å²) in [5, 5.41) is 11.2. The zero-order valence-corrected chi connectivity index (χ0v) is 20.4. The van der Waals surface area contributed by atoms with Crippen LogP contribution in [-0.4, -0.2) is 18.2 Å². The maximum atomic E-state index is 12.4. The summed E-state index contributed by atoms with van der Waals surface area (Å²) >= 11 is 0. The average molecular weight is 463 g/mol. The van der Waals surface area contributed by atoms with Crippen molar-refractivity contribution < 1.29 is 9.59 Å². The van der Waals surface area contributed by atoms with Crippen molar-refractivity contribution in [2.45, 2.75) is 71.1 Å². The molecule has 1 amide bonds. The normalized spacial score (nSPS) is 11.0. The Morgan fingerprint density at radius 1 is 0.824 bits per heavy atom. The van der Waals surface area contributed by atoms with Crippen LogP contribution >= 0.6 is 0 Å². The van der Waals surface area contributed by atoms with Crippen LogP contribution in [0.5, 0.6) is 0 Å².